The summed E-state index contributed by atoms with van der Waals surface area (Å²) in [5, 5.41) is 10.9. The molecule has 3 rings (SSSR count). The van der Waals surface area contributed by atoms with Gasteiger partial charge in [-0.15, -0.1) is 0 Å². The molecule has 1 N–H and O–H groups in total. The molecule has 0 amide bonds. The van der Waals surface area contributed by atoms with E-state index in [1.165, 1.54) is 32.1 Å². The van der Waals surface area contributed by atoms with E-state index in [1.54, 1.807) is 0 Å². The topological polar surface area (TPSA) is 20.2 Å². The summed E-state index contributed by atoms with van der Waals surface area (Å²) in [6.07, 6.45) is 6.67. The molecule has 0 aromatic carbocycles. The number of hydrogen-bond donors (Lipinski definition) is 1. The van der Waals surface area contributed by atoms with Crippen LogP contribution < -0.4 is 0 Å². The standard InChI is InChI=1S/C15H26O/c1-10-5-6-12-13(2,3)14(4,16)11-7-8-15(10,12)9-11/h10-12,16H,5-9H2,1-4H3. The molecule has 1 spiro atoms. The molecule has 0 radical (unpaired) electrons. The number of rotatable bonds is 0. The molecular formula is C15H26O. The summed E-state index contributed by atoms with van der Waals surface area (Å²) >= 11 is 0. The maximum absolute atomic E-state index is 10.9. The van der Waals surface area contributed by atoms with Crippen molar-refractivity contribution in [2.75, 3.05) is 0 Å². The molecule has 0 aliphatic heterocycles. The Kier molecular flexibility index (Phi) is 1.98. The van der Waals surface area contributed by atoms with E-state index in [2.05, 4.69) is 27.7 Å². The van der Waals surface area contributed by atoms with Crippen LogP contribution in [0.25, 0.3) is 0 Å². The summed E-state index contributed by atoms with van der Waals surface area (Å²) in [7, 11) is 0. The van der Waals surface area contributed by atoms with Gasteiger partial charge in [0.2, 0.25) is 0 Å². The molecule has 0 aromatic heterocycles. The van der Waals surface area contributed by atoms with Gasteiger partial charge in [-0.1, -0.05) is 20.8 Å². The minimum atomic E-state index is -0.443. The van der Waals surface area contributed by atoms with E-state index < -0.39 is 5.60 Å². The van der Waals surface area contributed by atoms with Crippen LogP contribution in [0.5, 0.6) is 0 Å². The summed E-state index contributed by atoms with van der Waals surface area (Å²) in [6.45, 7) is 9.21. The highest BCUT2D eigenvalue weighted by atomic mass is 16.3. The largest absolute Gasteiger partial charge is 0.389 e. The van der Waals surface area contributed by atoms with Crippen LogP contribution in [-0.2, 0) is 0 Å². The van der Waals surface area contributed by atoms with Gasteiger partial charge in [0.05, 0.1) is 5.60 Å². The lowest BCUT2D eigenvalue weighted by atomic mass is 9.50. The van der Waals surface area contributed by atoms with Crippen LogP contribution in [0.2, 0.25) is 0 Å². The van der Waals surface area contributed by atoms with Crippen molar-refractivity contribution in [2.45, 2.75) is 65.4 Å². The summed E-state index contributed by atoms with van der Waals surface area (Å²) in [4.78, 5) is 0. The van der Waals surface area contributed by atoms with Crippen LogP contribution in [0, 0.1) is 28.6 Å². The molecule has 1 nitrogen and oxygen atoms in total. The third-order valence-electron chi connectivity index (χ3n) is 7.12. The van der Waals surface area contributed by atoms with Crippen LogP contribution in [0.15, 0.2) is 0 Å². The van der Waals surface area contributed by atoms with Gasteiger partial charge < -0.3 is 5.11 Å². The summed E-state index contributed by atoms with van der Waals surface area (Å²) in [5.41, 5.74) is 0.259. The molecule has 92 valence electrons. The zero-order valence-electron chi connectivity index (χ0n) is 11.2. The predicted octanol–water partition coefficient (Wildman–Crippen LogP) is 3.61. The lowest BCUT2D eigenvalue weighted by Crippen LogP contribution is -2.57. The molecule has 3 aliphatic carbocycles. The minimum absolute atomic E-state index is 0.108. The lowest BCUT2D eigenvalue weighted by molar-refractivity contribution is -0.171. The third-order valence-corrected chi connectivity index (χ3v) is 7.12. The summed E-state index contributed by atoms with van der Waals surface area (Å²) in [5.74, 6) is 2.20. The number of aliphatic hydroxyl groups is 1. The zero-order valence-corrected chi connectivity index (χ0v) is 11.2. The molecule has 3 saturated carbocycles. The molecule has 5 unspecified atom stereocenters. The van der Waals surface area contributed by atoms with E-state index in [0.717, 1.165) is 11.8 Å². The van der Waals surface area contributed by atoms with E-state index in [0.29, 0.717) is 11.3 Å². The molecule has 1 heteroatoms. The fourth-order valence-electron chi connectivity index (χ4n) is 5.64. The van der Waals surface area contributed by atoms with Gasteiger partial charge in [-0.25, -0.2) is 0 Å². The quantitative estimate of drug-likeness (QED) is 0.664. The first-order valence-corrected chi connectivity index (χ1v) is 7.05. The Morgan fingerprint density at radius 2 is 1.75 bits per heavy atom. The van der Waals surface area contributed by atoms with E-state index in [9.17, 15) is 5.11 Å². The smallest absolute Gasteiger partial charge is 0.0701 e. The molecule has 5 atom stereocenters. The van der Waals surface area contributed by atoms with Gasteiger partial charge in [0, 0.05) is 0 Å². The van der Waals surface area contributed by atoms with Crippen molar-refractivity contribution in [3.8, 4) is 0 Å². The average Bonchev–Trinajstić information content (AvgIpc) is 2.73. The SMILES string of the molecule is CC1CCC2C13CCC(C3)C(C)(O)C2(C)C. The molecule has 0 aromatic rings. The van der Waals surface area contributed by atoms with Gasteiger partial charge in [0.1, 0.15) is 0 Å². The Labute approximate surface area is 99.6 Å². The third kappa shape index (κ3) is 0.978. The van der Waals surface area contributed by atoms with E-state index >= 15 is 0 Å². The van der Waals surface area contributed by atoms with Gasteiger partial charge >= 0.3 is 0 Å². The first-order valence-electron chi connectivity index (χ1n) is 7.05. The predicted molar refractivity (Wildman–Crippen MR) is 66.1 cm³/mol. The average molecular weight is 222 g/mol. The molecule has 0 saturated heterocycles. The van der Waals surface area contributed by atoms with Crippen LogP contribution in [0.1, 0.15) is 59.8 Å². The van der Waals surface area contributed by atoms with Gasteiger partial charge in [-0.2, -0.15) is 0 Å². The molecule has 3 fully saturated rings. The molecule has 16 heavy (non-hydrogen) atoms. The Bertz CT molecular complexity index is 317. The van der Waals surface area contributed by atoms with Crippen LogP contribution in [0.3, 0.4) is 0 Å². The molecule has 2 bridgehead atoms. The van der Waals surface area contributed by atoms with Crippen molar-refractivity contribution < 1.29 is 5.11 Å². The Hall–Kier alpha value is -0.0400. The highest BCUT2D eigenvalue weighted by molar-refractivity contribution is 5.17. The van der Waals surface area contributed by atoms with Crippen molar-refractivity contribution in [3.05, 3.63) is 0 Å². The van der Waals surface area contributed by atoms with Crippen molar-refractivity contribution >= 4 is 0 Å². The van der Waals surface area contributed by atoms with E-state index in [-0.39, 0.29) is 5.41 Å². The second kappa shape index (κ2) is 2.85. The Morgan fingerprint density at radius 1 is 1.06 bits per heavy atom. The van der Waals surface area contributed by atoms with Gasteiger partial charge in [0.25, 0.3) is 0 Å². The van der Waals surface area contributed by atoms with Crippen molar-refractivity contribution in [1.29, 1.82) is 0 Å². The highest BCUT2D eigenvalue weighted by Gasteiger charge is 2.67. The molecule has 3 aliphatic rings. The van der Waals surface area contributed by atoms with Crippen LogP contribution in [-0.4, -0.2) is 10.7 Å². The number of fused-ring (bicyclic) bond motifs is 1. The first kappa shape index (κ1) is 11.1. The van der Waals surface area contributed by atoms with Crippen molar-refractivity contribution in [2.24, 2.45) is 28.6 Å². The molecule has 0 heterocycles. The minimum Gasteiger partial charge on any atom is -0.389 e. The van der Waals surface area contributed by atoms with E-state index in [4.69, 9.17) is 0 Å². The second-order valence-corrected chi connectivity index (χ2v) is 7.57. The van der Waals surface area contributed by atoms with Gasteiger partial charge in [0.15, 0.2) is 0 Å². The van der Waals surface area contributed by atoms with Crippen molar-refractivity contribution in [1.82, 2.24) is 0 Å². The van der Waals surface area contributed by atoms with Gasteiger partial charge in [-0.3, -0.25) is 0 Å². The molecular weight excluding hydrogens is 196 g/mol. The monoisotopic (exact) mass is 222 g/mol. The van der Waals surface area contributed by atoms with Crippen LogP contribution >= 0.6 is 0 Å². The highest BCUT2D eigenvalue weighted by Crippen LogP contribution is 2.71. The van der Waals surface area contributed by atoms with Crippen LogP contribution in [0.4, 0.5) is 0 Å². The fourth-order valence-corrected chi connectivity index (χ4v) is 5.64. The van der Waals surface area contributed by atoms with E-state index in [1.807, 2.05) is 0 Å². The first-order chi connectivity index (χ1) is 7.32. The Morgan fingerprint density at radius 3 is 2.44 bits per heavy atom. The maximum atomic E-state index is 10.9. The van der Waals surface area contributed by atoms with Crippen molar-refractivity contribution in [3.63, 3.8) is 0 Å². The summed E-state index contributed by atoms with van der Waals surface area (Å²) in [6, 6.07) is 0. The second-order valence-electron chi connectivity index (χ2n) is 7.57. The summed E-state index contributed by atoms with van der Waals surface area (Å²) < 4.78 is 0. The lowest BCUT2D eigenvalue weighted by Gasteiger charge is -2.57. The normalized spacial score (nSPS) is 58.7. The van der Waals surface area contributed by atoms with Gasteiger partial charge in [-0.05, 0) is 67.6 Å². The Balaban J connectivity index is 2.10. The fraction of sp³-hybridized carbons (Fsp3) is 1.00. The number of hydrogen-bond acceptors (Lipinski definition) is 1. The maximum Gasteiger partial charge on any atom is 0.0701 e. The zero-order chi connectivity index (χ0) is 11.8.